The van der Waals surface area contributed by atoms with E-state index in [-0.39, 0.29) is 0 Å². The summed E-state index contributed by atoms with van der Waals surface area (Å²) in [6.45, 7) is 6.20. The van der Waals surface area contributed by atoms with Crippen molar-refractivity contribution in [1.82, 2.24) is 4.98 Å². The Bertz CT molecular complexity index is 638. The Labute approximate surface area is 129 Å². The lowest BCUT2D eigenvalue weighted by molar-refractivity contribution is 1.19. The standard InChI is InChI=1S/C15H13NS2.C2H6/c1-2-11-6-7-14(17-11)15-9-8-13(18-15)12-5-3-4-10-16-12;1-2/h3-10H,2H2,1H3;1-2H3. The number of hydrogen-bond donors (Lipinski definition) is 0. The minimum absolute atomic E-state index is 1.06. The predicted molar refractivity (Wildman–Crippen MR) is 91.6 cm³/mol. The molecule has 0 spiro atoms. The normalized spacial score (nSPS) is 9.95. The molecule has 0 radical (unpaired) electrons. The van der Waals surface area contributed by atoms with Gasteiger partial charge < -0.3 is 0 Å². The SMILES string of the molecule is CC.CCc1ccc(-c2ccc(-c3ccccn3)s2)s1. The highest BCUT2D eigenvalue weighted by atomic mass is 32.1. The molecule has 1 nitrogen and oxygen atoms in total. The van der Waals surface area contributed by atoms with Crippen molar-refractivity contribution in [3.8, 4) is 20.3 Å². The van der Waals surface area contributed by atoms with Gasteiger partial charge in [-0.25, -0.2) is 0 Å². The Kier molecular flexibility index (Phi) is 5.50. The largest absolute Gasteiger partial charge is 0.255 e. The number of aromatic nitrogens is 1. The lowest BCUT2D eigenvalue weighted by Crippen LogP contribution is -1.75. The van der Waals surface area contributed by atoms with Gasteiger partial charge in [-0.15, -0.1) is 22.7 Å². The first-order valence-electron chi connectivity index (χ1n) is 6.97. The summed E-state index contributed by atoms with van der Waals surface area (Å²) in [4.78, 5) is 9.76. The van der Waals surface area contributed by atoms with Gasteiger partial charge in [-0.2, -0.15) is 0 Å². The molecule has 0 aromatic carbocycles. The van der Waals surface area contributed by atoms with Crippen LogP contribution in [0.25, 0.3) is 20.3 Å². The van der Waals surface area contributed by atoms with Crippen LogP contribution in [0.3, 0.4) is 0 Å². The molecule has 0 aliphatic carbocycles. The first-order chi connectivity index (χ1) is 9.86. The van der Waals surface area contributed by atoms with Crippen LogP contribution < -0.4 is 0 Å². The van der Waals surface area contributed by atoms with E-state index in [0.29, 0.717) is 0 Å². The van der Waals surface area contributed by atoms with Crippen molar-refractivity contribution in [3.05, 3.63) is 53.5 Å². The van der Waals surface area contributed by atoms with Crippen molar-refractivity contribution in [2.75, 3.05) is 0 Å². The average Bonchev–Trinajstić information content (AvgIpc) is 3.19. The van der Waals surface area contributed by atoms with E-state index >= 15 is 0 Å². The molecule has 0 aliphatic rings. The first-order valence-corrected chi connectivity index (χ1v) is 8.60. The molecule has 0 saturated heterocycles. The zero-order valence-corrected chi connectivity index (χ0v) is 13.7. The van der Waals surface area contributed by atoms with E-state index in [1.54, 1.807) is 0 Å². The van der Waals surface area contributed by atoms with E-state index in [0.717, 1.165) is 12.1 Å². The number of pyridine rings is 1. The Morgan fingerprint density at radius 2 is 1.55 bits per heavy atom. The summed E-state index contributed by atoms with van der Waals surface area (Å²) in [5.74, 6) is 0. The van der Waals surface area contributed by atoms with Crippen LogP contribution in [0.4, 0.5) is 0 Å². The Morgan fingerprint density at radius 1 is 0.850 bits per heavy atom. The molecule has 3 rings (SSSR count). The Morgan fingerprint density at radius 3 is 2.20 bits per heavy atom. The van der Waals surface area contributed by atoms with Gasteiger partial charge in [0.15, 0.2) is 0 Å². The maximum Gasteiger partial charge on any atom is 0.0801 e. The zero-order valence-electron chi connectivity index (χ0n) is 12.1. The lowest BCUT2D eigenvalue weighted by Gasteiger charge is -1.94. The van der Waals surface area contributed by atoms with Crippen molar-refractivity contribution in [1.29, 1.82) is 0 Å². The fourth-order valence-corrected chi connectivity index (χ4v) is 3.84. The van der Waals surface area contributed by atoms with E-state index in [4.69, 9.17) is 0 Å². The maximum atomic E-state index is 4.39. The average molecular weight is 301 g/mol. The van der Waals surface area contributed by atoms with Crippen molar-refractivity contribution in [2.45, 2.75) is 27.2 Å². The van der Waals surface area contributed by atoms with Crippen molar-refractivity contribution < 1.29 is 0 Å². The Balaban J connectivity index is 0.000000704. The zero-order chi connectivity index (χ0) is 14.4. The second-order valence-corrected chi connectivity index (χ2v) is 6.25. The fraction of sp³-hybridized carbons (Fsp3) is 0.235. The number of hydrogen-bond acceptors (Lipinski definition) is 3. The molecule has 3 aromatic heterocycles. The van der Waals surface area contributed by atoms with Gasteiger partial charge in [0, 0.05) is 20.8 Å². The first kappa shape index (κ1) is 14.9. The molecule has 0 fully saturated rings. The number of thiophene rings is 2. The number of aryl methyl sites for hydroxylation is 1. The number of nitrogens with zero attached hydrogens (tertiary/aromatic N) is 1. The number of rotatable bonds is 3. The van der Waals surface area contributed by atoms with Gasteiger partial charge in [0.05, 0.1) is 10.6 Å². The summed E-state index contributed by atoms with van der Waals surface area (Å²) < 4.78 is 0. The van der Waals surface area contributed by atoms with Crippen LogP contribution in [0.15, 0.2) is 48.7 Å². The summed E-state index contributed by atoms with van der Waals surface area (Å²) in [6, 6.07) is 14.8. The van der Waals surface area contributed by atoms with E-state index < -0.39 is 0 Å². The van der Waals surface area contributed by atoms with Crippen LogP contribution >= 0.6 is 22.7 Å². The summed E-state index contributed by atoms with van der Waals surface area (Å²) in [5, 5.41) is 0. The highest BCUT2D eigenvalue weighted by molar-refractivity contribution is 7.23. The molecule has 0 N–H and O–H groups in total. The van der Waals surface area contributed by atoms with E-state index in [1.807, 2.05) is 54.9 Å². The third-order valence-corrected chi connectivity index (χ3v) is 5.31. The molecule has 3 aromatic rings. The summed E-state index contributed by atoms with van der Waals surface area (Å²) >= 11 is 3.70. The van der Waals surface area contributed by atoms with Crippen molar-refractivity contribution >= 4 is 22.7 Å². The highest BCUT2D eigenvalue weighted by Gasteiger charge is 2.07. The van der Waals surface area contributed by atoms with Gasteiger partial charge in [0.25, 0.3) is 0 Å². The Hall–Kier alpha value is -1.45. The van der Waals surface area contributed by atoms with Crippen LogP contribution in [-0.2, 0) is 6.42 Å². The highest BCUT2D eigenvalue weighted by Crippen LogP contribution is 2.37. The maximum absolute atomic E-state index is 4.39. The van der Waals surface area contributed by atoms with Crippen LogP contribution in [0, 0.1) is 0 Å². The van der Waals surface area contributed by atoms with Crippen LogP contribution in [-0.4, -0.2) is 4.98 Å². The van der Waals surface area contributed by atoms with Crippen molar-refractivity contribution in [2.24, 2.45) is 0 Å². The monoisotopic (exact) mass is 301 g/mol. The van der Waals surface area contributed by atoms with E-state index in [2.05, 4.69) is 42.2 Å². The molecular weight excluding hydrogens is 282 g/mol. The molecule has 0 amide bonds. The third-order valence-electron chi connectivity index (χ3n) is 2.78. The second kappa shape index (κ2) is 7.36. The molecule has 3 heterocycles. The third kappa shape index (κ3) is 3.35. The summed E-state index contributed by atoms with van der Waals surface area (Å²) in [7, 11) is 0. The topological polar surface area (TPSA) is 12.9 Å². The summed E-state index contributed by atoms with van der Waals surface area (Å²) in [5.41, 5.74) is 1.06. The minimum atomic E-state index is 1.06. The predicted octanol–water partition coefficient (Wildman–Crippen LogP) is 6.13. The lowest BCUT2D eigenvalue weighted by atomic mass is 10.3. The minimum Gasteiger partial charge on any atom is -0.255 e. The molecule has 20 heavy (non-hydrogen) atoms. The van der Waals surface area contributed by atoms with E-state index in [9.17, 15) is 0 Å². The molecule has 0 atom stereocenters. The molecular formula is C17H19NS2. The fourth-order valence-electron chi connectivity index (χ4n) is 1.82. The van der Waals surface area contributed by atoms with Gasteiger partial charge in [-0.1, -0.05) is 26.8 Å². The van der Waals surface area contributed by atoms with Gasteiger partial charge in [0.1, 0.15) is 0 Å². The molecule has 3 heteroatoms. The summed E-state index contributed by atoms with van der Waals surface area (Å²) in [6.07, 6.45) is 2.96. The molecule has 0 unspecified atom stereocenters. The van der Waals surface area contributed by atoms with Crippen molar-refractivity contribution in [3.63, 3.8) is 0 Å². The van der Waals surface area contributed by atoms with Gasteiger partial charge >= 0.3 is 0 Å². The van der Waals surface area contributed by atoms with Crippen LogP contribution in [0.1, 0.15) is 25.6 Å². The molecule has 0 bridgehead atoms. The molecule has 0 aliphatic heterocycles. The van der Waals surface area contributed by atoms with E-state index in [1.165, 1.54) is 19.5 Å². The molecule has 0 saturated carbocycles. The van der Waals surface area contributed by atoms with Crippen LogP contribution in [0.5, 0.6) is 0 Å². The second-order valence-electron chi connectivity index (χ2n) is 4.00. The van der Waals surface area contributed by atoms with Crippen LogP contribution in [0.2, 0.25) is 0 Å². The van der Waals surface area contributed by atoms with Gasteiger partial charge in [0.2, 0.25) is 0 Å². The molecule has 104 valence electrons. The quantitative estimate of drug-likeness (QED) is 0.567. The van der Waals surface area contributed by atoms with Gasteiger partial charge in [-0.05, 0) is 42.8 Å². The van der Waals surface area contributed by atoms with Gasteiger partial charge in [-0.3, -0.25) is 4.98 Å². The smallest absolute Gasteiger partial charge is 0.0801 e.